The molecule has 0 aliphatic heterocycles. The second kappa shape index (κ2) is 5.89. The summed E-state index contributed by atoms with van der Waals surface area (Å²) in [4.78, 5) is 0. The maximum Gasteiger partial charge on any atom is 0.130 e. The van der Waals surface area contributed by atoms with E-state index in [4.69, 9.17) is 10.5 Å². The Morgan fingerprint density at radius 3 is 2.32 bits per heavy atom. The lowest BCUT2D eigenvalue weighted by Crippen LogP contribution is -2.08. The molecule has 2 rings (SSSR count). The molecule has 1 atom stereocenters. The van der Waals surface area contributed by atoms with E-state index in [2.05, 4.69) is 32.9 Å². The van der Waals surface area contributed by atoms with Gasteiger partial charge in [-0.1, -0.05) is 36.8 Å². The van der Waals surface area contributed by atoms with Crippen LogP contribution in [0.15, 0.2) is 42.5 Å². The SMILES string of the molecule is CCC(N)c1ccc(Oc2ccc(C)cc2C)cc1. The number of aryl methyl sites for hydroxylation is 2. The van der Waals surface area contributed by atoms with E-state index in [1.54, 1.807) is 0 Å². The van der Waals surface area contributed by atoms with Crippen LogP contribution in [0.2, 0.25) is 0 Å². The number of ether oxygens (including phenoxy) is 1. The van der Waals surface area contributed by atoms with Crippen molar-refractivity contribution in [2.45, 2.75) is 33.2 Å². The minimum Gasteiger partial charge on any atom is -0.457 e. The molecule has 0 radical (unpaired) electrons. The van der Waals surface area contributed by atoms with Crippen molar-refractivity contribution in [3.63, 3.8) is 0 Å². The lowest BCUT2D eigenvalue weighted by atomic mass is 10.1. The van der Waals surface area contributed by atoms with Gasteiger partial charge in [-0.2, -0.15) is 0 Å². The van der Waals surface area contributed by atoms with Crippen molar-refractivity contribution >= 4 is 0 Å². The fourth-order valence-electron chi connectivity index (χ4n) is 2.06. The van der Waals surface area contributed by atoms with Crippen LogP contribution in [0.3, 0.4) is 0 Å². The minimum absolute atomic E-state index is 0.107. The Morgan fingerprint density at radius 1 is 1.05 bits per heavy atom. The average molecular weight is 255 g/mol. The van der Waals surface area contributed by atoms with E-state index < -0.39 is 0 Å². The quantitative estimate of drug-likeness (QED) is 0.872. The fourth-order valence-corrected chi connectivity index (χ4v) is 2.06. The zero-order valence-corrected chi connectivity index (χ0v) is 11.8. The number of hydrogen-bond donors (Lipinski definition) is 1. The van der Waals surface area contributed by atoms with Gasteiger partial charge in [0.25, 0.3) is 0 Å². The molecule has 0 amide bonds. The van der Waals surface area contributed by atoms with Gasteiger partial charge in [-0.05, 0) is 49.6 Å². The summed E-state index contributed by atoms with van der Waals surface area (Å²) in [6.07, 6.45) is 0.942. The van der Waals surface area contributed by atoms with Crippen LogP contribution in [0.4, 0.5) is 0 Å². The molecule has 1 unspecified atom stereocenters. The number of nitrogens with two attached hydrogens (primary N) is 1. The lowest BCUT2D eigenvalue weighted by molar-refractivity contribution is 0.478. The smallest absolute Gasteiger partial charge is 0.130 e. The average Bonchev–Trinajstić information content (AvgIpc) is 2.42. The molecule has 100 valence electrons. The zero-order valence-electron chi connectivity index (χ0n) is 11.8. The highest BCUT2D eigenvalue weighted by atomic mass is 16.5. The molecule has 0 saturated carbocycles. The molecular formula is C17H21NO. The fraction of sp³-hybridized carbons (Fsp3) is 0.294. The Morgan fingerprint density at radius 2 is 1.74 bits per heavy atom. The molecule has 0 bridgehead atoms. The Balaban J connectivity index is 2.15. The third-order valence-electron chi connectivity index (χ3n) is 3.31. The Bertz CT molecular complexity index is 546. The second-order valence-corrected chi connectivity index (χ2v) is 4.95. The first kappa shape index (κ1) is 13.6. The van der Waals surface area contributed by atoms with Gasteiger partial charge < -0.3 is 10.5 Å². The maximum absolute atomic E-state index is 6.00. The lowest BCUT2D eigenvalue weighted by Gasteiger charge is -2.12. The van der Waals surface area contributed by atoms with Crippen LogP contribution < -0.4 is 10.5 Å². The highest BCUT2D eigenvalue weighted by Crippen LogP contribution is 2.26. The van der Waals surface area contributed by atoms with Gasteiger partial charge in [0.05, 0.1) is 0 Å². The van der Waals surface area contributed by atoms with Gasteiger partial charge in [0.2, 0.25) is 0 Å². The van der Waals surface area contributed by atoms with Crippen molar-refractivity contribution in [3.8, 4) is 11.5 Å². The van der Waals surface area contributed by atoms with Gasteiger partial charge in [0, 0.05) is 6.04 Å². The van der Waals surface area contributed by atoms with Crippen molar-refractivity contribution in [2.24, 2.45) is 5.73 Å². The number of benzene rings is 2. The summed E-state index contributed by atoms with van der Waals surface area (Å²) in [5.41, 5.74) is 9.54. The molecule has 0 saturated heterocycles. The molecule has 2 N–H and O–H groups in total. The van der Waals surface area contributed by atoms with E-state index in [1.807, 2.05) is 30.3 Å². The molecule has 0 aliphatic rings. The van der Waals surface area contributed by atoms with Gasteiger partial charge in [-0.3, -0.25) is 0 Å². The standard InChI is InChI=1S/C17H21NO/c1-4-16(18)14-6-8-15(9-7-14)19-17-10-5-12(2)11-13(17)3/h5-11,16H,4,18H2,1-3H3. The van der Waals surface area contributed by atoms with Gasteiger partial charge >= 0.3 is 0 Å². The molecule has 19 heavy (non-hydrogen) atoms. The summed E-state index contributed by atoms with van der Waals surface area (Å²) in [6.45, 7) is 6.23. The molecule has 2 heteroatoms. The van der Waals surface area contributed by atoms with Crippen LogP contribution in [-0.4, -0.2) is 0 Å². The Kier molecular flexibility index (Phi) is 4.23. The minimum atomic E-state index is 0.107. The molecule has 2 aromatic carbocycles. The van der Waals surface area contributed by atoms with E-state index in [-0.39, 0.29) is 6.04 Å². The molecule has 2 nitrogen and oxygen atoms in total. The summed E-state index contributed by atoms with van der Waals surface area (Å²) >= 11 is 0. The molecule has 0 heterocycles. The van der Waals surface area contributed by atoms with Crippen molar-refractivity contribution in [2.75, 3.05) is 0 Å². The van der Waals surface area contributed by atoms with Crippen molar-refractivity contribution in [3.05, 3.63) is 59.2 Å². The van der Waals surface area contributed by atoms with Crippen LogP contribution in [0, 0.1) is 13.8 Å². The predicted molar refractivity (Wildman–Crippen MR) is 79.7 cm³/mol. The second-order valence-electron chi connectivity index (χ2n) is 4.95. The monoisotopic (exact) mass is 255 g/mol. The molecule has 0 aromatic heterocycles. The zero-order chi connectivity index (χ0) is 13.8. The van der Waals surface area contributed by atoms with Gasteiger partial charge in [-0.15, -0.1) is 0 Å². The Hall–Kier alpha value is -1.80. The van der Waals surface area contributed by atoms with Crippen LogP contribution >= 0.6 is 0 Å². The molecular weight excluding hydrogens is 234 g/mol. The Labute approximate surface area is 115 Å². The third kappa shape index (κ3) is 3.36. The topological polar surface area (TPSA) is 35.2 Å². The summed E-state index contributed by atoms with van der Waals surface area (Å²) in [5.74, 6) is 1.75. The molecule has 0 aliphatic carbocycles. The highest BCUT2D eigenvalue weighted by molar-refractivity contribution is 5.40. The van der Waals surface area contributed by atoms with Crippen LogP contribution in [0.1, 0.15) is 36.1 Å². The third-order valence-corrected chi connectivity index (χ3v) is 3.31. The summed E-state index contributed by atoms with van der Waals surface area (Å²) in [6, 6.07) is 14.3. The van der Waals surface area contributed by atoms with Crippen molar-refractivity contribution < 1.29 is 4.74 Å². The summed E-state index contributed by atoms with van der Waals surface area (Å²) < 4.78 is 5.89. The highest BCUT2D eigenvalue weighted by Gasteiger charge is 2.05. The van der Waals surface area contributed by atoms with Crippen LogP contribution in [0.5, 0.6) is 11.5 Å². The first-order valence-electron chi connectivity index (χ1n) is 6.71. The normalized spacial score (nSPS) is 12.2. The summed E-state index contributed by atoms with van der Waals surface area (Å²) in [7, 11) is 0. The predicted octanol–water partition coefficient (Wildman–Crippen LogP) is 4.51. The van der Waals surface area contributed by atoms with E-state index in [9.17, 15) is 0 Å². The first-order chi connectivity index (χ1) is 9.10. The van der Waals surface area contributed by atoms with E-state index in [1.165, 1.54) is 5.56 Å². The molecule has 2 aromatic rings. The van der Waals surface area contributed by atoms with Crippen LogP contribution in [-0.2, 0) is 0 Å². The van der Waals surface area contributed by atoms with Crippen molar-refractivity contribution in [1.82, 2.24) is 0 Å². The van der Waals surface area contributed by atoms with Gasteiger partial charge in [0.1, 0.15) is 11.5 Å². The van der Waals surface area contributed by atoms with Crippen molar-refractivity contribution in [1.29, 1.82) is 0 Å². The van der Waals surface area contributed by atoms with E-state index in [0.29, 0.717) is 0 Å². The first-order valence-corrected chi connectivity index (χ1v) is 6.71. The van der Waals surface area contributed by atoms with E-state index >= 15 is 0 Å². The molecule has 0 spiro atoms. The molecule has 0 fully saturated rings. The van der Waals surface area contributed by atoms with Crippen LogP contribution in [0.25, 0.3) is 0 Å². The van der Waals surface area contributed by atoms with Gasteiger partial charge in [0.15, 0.2) is 0 Å². The largest absolute Gasteiger partial charge is 0.457 e. The van der Waals surface area contributed by atoms with E-state index in [0.717, 1.165) is 29.0 Å². The number of rotatable bonds is 4. The van der Waals surface area contributed by atoms with Gasteiger partial charge in [-0.25, -0.2) is 0 Å². The summed E-state index contributed by atoms with van der Waals surface area (Å²) in [5, 5.41) is 0. The number of hydrogen-bond acceptors (Lipinski definition) is 2. The maximum atomic E-state index is 6.00.